The minimum Gasteiger partial charge on any atom is -0.482 e. The summed E-state index contributed by atoms with van der Waals surface area (Å²) < 4.78 is 6.52. The molecule has 1 aromatic heterocycles. The Kier molecular flexibility index (Phi) is 4.28. The average molecular weight is 328 g/mol. The van der Waals surface area contributed by atoms with E-state index in [0.29, 0.717) is 23.7 Å². The molecule has 0 saturated carbocycles. The van der Waals surface area contributed by atoms with Gasteiger partial charge in [-0.2, -0.15) is 5.10 Å². The van der Waals surface area contributed by atoms with E-state index in [0.717, 1.165) is 6.42 Å². The first-order chi connectivity index (χ1) is 11.6. The minimum absolute atomic E-state index is 0.0262. The molecule has 8 nitrogen and oxygen atoms in total. The summed E-state index contributed by atoms with van der Waals surface area (Å²) in [5.41, 5.74) is 0.871. The number of amides is 2. The molecule has 2 amide bonds. The summed E-state index contributed by atoms with van der Waals surface area (Å²) in [6.07, 6.45) is 0.739. The van der Waals surface area contributed by atoms with Crippen LogP contribution in [0.1, 0.15) is 23.8 Å². The van der Waals surface area contributed by atoms with Crippen LogP contribution in [0.15, 0.2) is 35.1 Å². The van der Waals surface area contributed by atoms with Crippen molar-refractivity contribution in [2.45, 2.75) is 19.9 Å². The first kappa shape index (κ1) is 15.7. The standard InChI is InChI=1S/C16H16N4O4/c1-2-7-20-15(22)6-4-11(19-20)16(23)17-10-3-5-13-12(8-10)18-14(21)9-24-13/h3-6,8H,2,7,9H2,1H3,(H,17,23)(H,18,21). The van der Waals surface area contributed by atoms with Crippen LogP contribution in [0.4, 0.5) is 11.4 Å². The van der Waals surface area contributed by atoms with Gasteiger partial charge in [-0.05, 0) is 30.7 Å². The largest absolute Gasteiger partial charge is 0.482 e. The van der Waals surface area contributed by atoms with Crippen LogP contribution in [0.25, 0.3) is 0 Å². The van der Waals surface area contributed by atoms with Gasteiger partial charge in [0.1, 0.15) is 11.4 Å². The Balaban J connectivity index is 1.80. The fraction of sp³-hybridized carbons (Fsp3) is 0.250. The van der Waals surface area contributed by atoms with E-state index in [1.165, 1.54) is 16.8 Å². The lowest BCUT2D eigenvalue weighted by molar-refractivity contribution is -0.118. The topological polar surface area (TPSA) is 102 Å². The number of carbonyl (C=O) groups is 2. The van der Waals surface area contributed by atoms with E-state index in [1.54, 1.807) is 18.2 Å². The zero-order valence-corrected chi connectivity index (χ0v) is 13.0. The van der Waals surface area contributed by atoms with Gasteiger partial charge in [0.05, 0.1) is 5.69 Å². The molecule has 2 heterocycles. The number of benzene rings is 1. The Morgan fingerprint density at radius 1 is 1.33 bits per heavy atom. The Bertz CT molecular complexity index is 859. The predicted octanol–water partition coefficient (Wildman–Crippen LogP) is 1.24. The van der Waals surface area contributed by atoms with E-state index in [9.17, 15) is 14.4 Å². The average Bonchev–Trinajstić information content (AvgIpc) is 2.56. The molecule has 1 aliphatic rings. The number of fused-ring (bicyclic) bond motifs is 1. The van der Waals surface area contributed by atoms with Gasteiger partial charge in [0.2, 0.25) is 0 Å². The third-order valence-corrected chi connectivity index (χ3v) is 3.40. The molecular formula is C16H16N4O4. The predicted molar refractivity (Wildman–Crippen MR) is 87.3 cm³/mol. The number of ether oxygens (including phenoxy) is 1. The molecule has 0 bridgehead atoms. The maximum absolute atomic E-state index is 12.3. The number of anilines is 2. The molecule has 0 unspecified atom stereocenters. The van der Waals surface area contributed by atoms with Crippen LogP contribution < -0.4 is 20.9 Å². The van der Waals surface area contributed by atoms with E-state index in [-0.39, 0.29) is 23.8 Å². The van der Waals surface area contributed by atoms with Crippen molar-refractivity contribution >= 4 is 23.2 Å². The Morgan fingerprint density at radius 2 is 2.17 bits per heavy atom. The maximum Gasteiger partial charge on any atom is 0.276 e. The molecule has 0 radical (unpaired) electrons. The molecule has 0 spiro atoms. The van der Waals surface area contributed by atoms with Crippen molar-refractivity contribution in [2.75, 3.05) is 17.2 Å². The summed E-state index contributed by atoms with van der Waals surface area (Å²) in [5.74, 6) is -0.149. The first-order valence-electron chi connectivity index (χ1n) is 7.53. The maximum atomic E-state index is 12.3. The van der Waals surface area contributed by atoms with Gasteiger partial charge in [-0.1, -0.05) is 6.92 Å². The van der Waals surface area contributed by atoms with Crippen LogP contribution in [-0.4, -0.2) is 28.2 Å². The molecule has 2 N–H and O–H groups in total. The van der Waals surface area contributed by atoms with Crippen molar-refractivity contribution in [3.8, 4) is 5.75 Å². The lowest BCUT2D eigenvalue weighted by Crippen LogP contribution is -2.26. The molecule has 124 valence electrons. The Hall–Kier alpha value is -3.16. The van der Waals surface area contributed by atoms with E-state index in [1.807, 2.05) is 6.92 Å². The van der Waals surface area contributed by atoms with Gasteiger partial charge in [0.25, 0.3) is 17.4 Å². The van der Waals surface area contributed by atoms with Gasteiger partial charge in [-0.25, -0.2) is 4.68 Å². The minimum atomic E-state index is -0.442. The molecular weight excluding hydrogens is 312 g/mol. The summed E-state index contributed by atoms with van der Waals surface area (Å²) >= 11 is 0. The van der Waals surface area contributed by atoms with Crippen LogP contribution in [0, 0.1) is 0 Å². The van der Waals surface area contributed by atoms with Crippen LogP contribution in [0.3, 0.4) is 0 Å². The molecule has 1 aromatic carbocycles. The summed E-state index contributed by atoms with van der Waals surface area (Å²) in [6, 6.07) is 7.63. The molecule has 0 saturated heterocycles. The number of carbonyl (C=O) groups excluding carboxylic acids is 2. The van der Waals surface area contributed by atoms with Crippen molar-refractivity contribution in [2.24, 2.45) is 0 Å². The van der Waals surface area contributed by atoms with Gasteiger partial charge in [-0.15, -0.1) is 0 Å². The van der Waals surface area contributed by atoms with Crippen molar-refractivity contribution in [3.63, 3.8) is 0 Å². The second-order valence-electron chi connectivity index (χ2n) is 5.28. The van der Waals surface area contributed by atoms with Crippen LogP contribution in [0.5, 0.6) is 5.75 Å². The van der Waals surface area contributed by atoms with Gasteiger partial charge in [-0.3, -0.25) is 14.4 Å². The number of nitrogens with zero attached hydrogens (tertiary/aromatic N) is 2. The summed E-state index contributed by atoms with van der Waals surface area (Å²) in [4.78, 5) is 35.3. The summed E-state index contributed by atoms with van der Waals surface area (Å²) in [6.45, 7) is 2.34. The molecule has 24 heavy (non-hydrogen) atoms. The van der Waals surface area contributed by atoms with Crippen LogP contribution >= 0.6 is 0 Å². The molecule has 0 atom stereocenters. The number of aromatic nitrogens is 2. The SMILES string of the molecule is CCCn1nc(C(=O)Nc2ccc3c(c2)NC(=O)CO3)ccc1=O. The van der Waals surface area contributed by atoms with Crippen molar-refractivity contribution in [3.05, 3.63) is 46.4 Å². The molecule has 8 heteroatoms. The Morgan fingerprint density at radius 3 is 2.96 bits per heavy atom. The second kappa shape index (κ2) is 6.53. The zero-order valence-electron chi connectivity index (χ0n) is 13.0. The zero-order chi connectivity index (χ0) is 17.1. The summed E-state index contributed by atoms with van der Waals surface area (Å²) in [5, 5.41) is 9.41. The highest BCUT2D eigenvalue weighted by Gasteiger charge is 2.17. The first-order valence-corrected chi connectivity index (χ1v) is 7.53. The number of rotatable bonds is 4. The van der Waals surface area contributed by atoms with E-state index in [2.05, 4.69) is 15.7 Å². The second-order valence-corrected chi connectivity index (χ2v) is 5.28. The number of hydrogen-bond donors (Lipinski definition) is 2. The highest BCUT2D eigenvalue weighted by molar-refractivity contribution is 6.03. The van der Waals surface area contributed by atoms with Crippen molar-refractivity contribution < 1.29 is 14.3 Å². The van der Waals surface area contributed by atoms with Gasteiger partial charge < -0.3 is 15.4 Å². The van der Waals surface area contributed by atoms with Crippen molar-refractivity contribution in [1.82, 2.24) is 9.78 Å². The lowest BCUT2D eigenvalue weighted by Gasteiger charge is -2.18. The quantitative estimate of drug-likeness (QED) is 0.879. The van der Waals surface area contributed by atoms with Crippen LogP contribution in [-0.2, 0) is 11.3 Å². The van der Waals surface area contributed by atoms with Crippen LogP contribution in [0.2, 0.25) is 0 Å². The van der Waals surface area contributed by atoms with Gasteiger partial charge in [0, 0.05) is 18.3 Å². The lowest BCUT2D eigenvalue weighted by atomic mass is 10.2. The smallest absolute Gasteiger partial charge is 0.276 e. The molecule has 3 rings (SSSR count). The molecule has 0 fully saturated rings. The van der Waals surface area contributed by atoms with Gasteiger partial charge in [0.15, 0.2) is 6.61 Å². The molecule has 0 aliphatic carbocycles. The summed E-state index contributed by atoms with van der Waals surface area (Å²) in [7, 11) is 0. The van der Waals surface area contributed by atoms with E-state index >= 15 is 0 Å². The number of nitrogens with one attached hydrogen (secondary N) is 2. The van der Waals surface area contributed by atoms with Gasteiger partial charge >= 0.3 is 0 Å². The Labute approximate surface area is 137 Å². The fourth-order valence-electron chi connectivity index (χ4n) is 2.30. The highest BCUT2D eigenvalue weighted by Crippen LogP contribution is 2.30. The fourth-order valence-corrected chi connectivity index (χ4v) is 2.30. The normalized spacial score (nSPS) is 12.8. The molecule has 2 aromatic rings. The third kappa shape index (κ3) is 3.27. The highest BCUT2D eigenvalue weighted by atomic mass is 16.5. The number of hydrogen-bond acceptors (Lipinski definition) is 5. The molecule has 1 aliphatic heterocycles. The number of aryl methyl sites for hydroxylation is 1. The van der Waals surface area contributed by atoms with E-state index in [4.69, 9.17) is 4.74 Å². The monoisotopic (exact) mass is 328 g/mol. The van der Waals surface area contributed by atoms with Crippen molar-refractivity contribution in [1.29, 1.82) is 0 Å². The van der Waals surface area contributed by atoms with E-state index < -0.39 is 5.91 Å². The third-order valence-electron chi connectivity index (χ3n) is 3.40.